The smallest absolute Gasteiger partial charge is 0.204 e. The molecule has 1 heterocycles. The van der Waals surface area contributed by atoms with Gasteiger partial charge in [-0.2, -0.15) is 0 Å². The van der Waals surface area contributed by atoms with E-state index in [-0.39, 0.29) is 0 Å². The first-order chi connectivity index (χ1) is 10.2. The van der Waals surface area contributed by atoms with Crippen molar-refractivity contribution >= 4 is 11.6 Å². The maximum Gasteiger partial charge on any atom is 0.204 e. The van der Waals surface area contributed by atoms with Gasteiger partial charge in [-0.3, -0.25) is 0 Å². The molecule has 0 amide bonds. The van der Waals surface area contributed by atoms with Gasteiger partial charge in [0.15, 0.2) is 23.1 Å². The predicted molar refractivity (Wildman–Crippen MR) is 80.6 cm³/mol. The van der Waals surface area contributed by atoms with Gasteiger partial charge in [0.05, 0.1) is 33.1 Å². The van der Waals surface area contributed by atoms with Crippen molar-refractivity contribution in [2.24, 2.45) is 0 Å². The quantitative estimate of drug-likeness (QED) is 0.732. The minimum absolute atomic E-state index is 0.524. The lowest BCUT2D eigenvalue weighted by Gasteiger charge is -2.14. The zero-order valence-corrected chi connectivity index (χ0v) is 13.1. The number of aryl methyl sites for hydroxylation is 1. The lowest BCUT2D eigenvalue weighted by atomic mass is 10.1. The van der Waals surface area contributed by atoms with Crippen LogP contribution in [0.3, 0.4) is 0 Å². The van der Waals surface area contributed by atoms with Gasteiger partial charge in [0.25, 0.3) is 0 Å². The molecule has 2 rings (SSSR count). The number of aromatic nitrogens is 1. The first kappa shape index (κ1) is 15.5. The van der Waals surface area contributed by atoms with Crippen molar-refractivity contribution in [3.63, 3.8) is 0 Å². The van der Waals surface area contributed by atoms with Crippen molar-refractivity contribution < 1.29 is 18.6 Å². The van der Waals surface area contributed by atoms with E-state index in [1.165, 1.54) is 0 Å². The van der Waals surface area contributed by atoms with E-state index in [1.54, 1.807) is 33.6 Å². The highest BCUT2D eigenvalue weighted by molar-refractivity contribution is 6.17. The zero-order chi connectivity index (χ0) is 15.2. The second-order valence-electron chi connectivity index (χ2n) is 4.29. The highest BCUT2D eigenvalue weighted by Crippen LogP contribution is 2.44. The molecule has 0 unspecified atom stereocenters. The Morgan fingerprint density at radius 3 is 2.48 bits per heavy atom. The number of alkyl halides is 1. The largest absolute Gasteiger partial charge is 0.493 e. The summed E-state index contributed by atoms with van der Waals surface area (Å²) in [5, 5.41) is 0. The summed E-state index contributed by atoms with van der Waals surface area (Å²) >= 11 is 5.68. The van der Waals surface area contributed by atoms with Gasteiger partial charge < -0.3 is 18.6 Å². The highest BCUT2D eigenvalue weighted by Gasteiger charge is 2.19. The molecule has 21 heavy (non-hydrogen) atoms. The van der Waals surface area contributed by atoms with Crippen molar-refractivity contribution in [1.82, 2.24) is 4.98 Å². The molecule has 1 aromatic carbocycles. The number of methoxy groups -OCH3 is 3. The molecule has 114 valence electrons. The van der Waals surface area contributed by atoms with Gasteiger partial charge in [-0.25, -0.2) is 4.98 Å². The minimum Gasteiger partial charge on any atom is -0.493 e. The van der Waals surface area contributed by atoms with E-state index in [0.717, 1.165) is 12.0 Å². The van der Waals surface area contributed by atoms with E-state index in [0.29, 0.717) is 41.2 Å². The van der Waals surface area contributed by atoms with Gasteiger partial charge in [0, 0.05) is 12.3 Å². The van der Waals surface area contributed by atoms with E-state index in [4.69, 9.17) is 30.2 Å². The molecule has 0 N–H and O–H groups in total. The van der Waals surface area contributed by atoms with Crippen LogP contribution in [0.2, 0.25) is 0 Å². The normalized spacial score (nSPS) is 10.5. The molecule has 0 saturated carbocycles. The fraction of sp³-hybridized carbons (Fsp3) is 0.400. The number of hydrogen-bond donors (Lipinski definition) is 0. The van der Waals surface area contributed by atoms with Crippen molar-refractivity contribution in [2.75, 3.05) is 27.2 Å². The fourth-order valence-corrected chi connectivity index (χ4v) is 2.20. The maximum atomic E-state index is 5.74. The molecule has 1 aromatic heterocycles. The Labute approximate surface area is 128 Å². The van der Waals surface area contributed by atoms with E-state index >= 15 is 0 Å². The van der Waals surface area contributed by atoms with Crippen LogP contribution in [0.4, 0.5) is 0 Å². The number of nitrogens with zero attached hydrogens (tertiary/aromatic N) is 1. The van der Waals surface area contributed by atoms with E-state index < -0.39 is 0 Å². The first-order valence-corrected chi connectivity index (χ1v) is 7.08. The lowest BCUT2D eigenvalue weighted by molar-refractivity contribution is 0.324. The third kappa shape index (κ3) is 3.24. The van der Waals surface area contributed by atoms with Crippen LogP contribution in [0.25, 0.3) is 11.3 Å². The standard InChI is InChI=1S/C15H18ClNO4/c1-18-11-7-6-10(14(19-2)15(11)20-3)12-9-17-13(21-12)5-4-8-16/h6-7,9H,4-5,8H2,1-3H3. The topological polar surface area (TPSA) is 53.7 Å². The van der Waals surface area contributed by atoms with Crippen LogP contribution in [0.1, 0.15) is 12.3 Å². The Hall–Kier alpha value is -1.88. The van der Waals surface area contributed by atoms with Gasteiger partial charge in [-0.05, 0) is 18.6 Å². The van der Waals surface area contributed by atoms with Crippen molar-refractivity contribution in [3.05, 3.63) is 24.2 Å². The van der Waals surface area contributed by atoms with Crippen LogP contribution >= 0.6 is 11.6 Å². The number of halogens is 1. The Bertz CT molecular complexity index is 597. The lowest BCUT2D eigenvalue weighted by Crippen LogP contribution is -1.96. The molecule has 6 heteroatoms. The van der Waals surface area contributed by atoms with Crippen LogP contribution in [-0.4, -0.2) is 32.2 Å². The number of hydrogen-bond acceptors (Lipinski definition) is 5. The molecule has 0 spiro atoms. The second kappa shape index (κ2) is 7.22. The van der Waals surface area contributed by atoms with Crippen LogP contribution in [0, 0.1) is 0 Å². The van der Waals surface area contributed by atoms with Gasteiger partial charge in [-0.1, -0.05) is 0 Å². The van der Waals surface area contributed by atoms with Crippen LogP contribution in [0.5, 0.6) is 17.2 Å². The Balaban J connectivity index is 2.41. The van der Waals surface area contributed by atoms with Crippen molar-refractivity contribution in [1.29, 1.82) is 0 Å². The Morgan fingerprint density at radius 2 is 1.86 bits per heavy atom. The third-order valence-corrected chi connectivity index (χ3v) is 3.31. The number of oxazole rings is 1. The summed E-state index contributed by atoms with van der Waals surface area (Å²) in [4.78, 5) is 4.25. The molecule has 0 aliphatic rings. The number of rotatable bonds is 7. The SMILES string of the molecule is COc1ccc(-c2cnc(CCCCl)o2)c(OC)c1OC. The molecule has 0 aliphatic heterocycles. The summed E-state index contributed by atoms with van der Waals surface area (Å²) in [6, 6.07) is 3.66. The summed E-state index contributed by atoms with van der Waals surface area (Å²) in [6.07, 6.45) is 3.21. The summed E-state index contributed by atoms with van der Waals surface area (Å²) < 4.78 is 21.8. The molecule has 0 atom stereocenters. The molecule has 0 fully saturated rings. The van der Waals surface area contributed by atoms with Gasteiger partial charge in [0.1, 0.15) is 0 Å². The molecule has 2 aromatic rings. The average Bonchev–Trinajstić information content (AvgIpc) is 2.99. The summed E-state index contributed by atoms with van der Waals surface area (Å²) in [7, 11) is 4.72. The van der Waals surface area contributed by atoms with Crippen LogP contribution < -0.4 is 14.2 Å². The number of ether oxygens (including phenoxy) is 3. The molecular weight excluding hydrogens is 294 g/mol. The maximum absolute atomic E-state index is 5.74. The fourth-order valence-electron chi connectivity index (χ4n) is 2.06. The molecule has 0 saturated heterocycles. The van der Waals surface area contributed by atoms with Gasteiger partial charge in [-0.15, -0.1) is 11.6 Å². The Kier molecular flexibility index (Phi) is 5.33. The second-order valence-corrected chi connectivity index (χ2v) is 4.67. The first-order valence-electron chi connectivity index (χ1n) is 6.55. The van der Waals surface area contributed by atoms with Crippen molar-refractivity contribution in [3.8, 4) is 28.6 Å². The van der Waals surface area contributed by atoms with Crippen LogP contribution in [-0.2, 0) is 6.42 Å². The van der Waals surface area contributed by atoms with Gasteiger partial charge >= 0.3 is 0 Å². The van der Waals surface area contributed by atoms with Crippen LogP contribution in [0.15, 0.2) is 22.7 Å². The molecule has 0 aliphatic carbocycles. The molecule has 0 bridgehead atoms. The van der Waals surface area contributed by atoms with Crippen molar-refractivity contribution in [2.45, 2.75) is 12.8 Å². The number of benzene rings is 1. The summed E-state index contributed by atoms with van der Waals surface area (Å²) in [5.74, 6) is 3.53. The predicted octanol–water partition coefficient (Wildman–Crippen LogP) is 3.54. The molecular formula is C15H18ClNO4. The van der Waals surface area contributed by atoms with E-state index in [1.807, 2.05) is 6.07 Å². The van der Waals surface area contributed by atoms with E-state index in [2.05, 4.69) is 4.98 Å². The van der Waals surface area contributed by atoms with Gasteiger partial charge in [0.2, 0.25) is 5.75 Å². The summed E-state index contributed by atoms with van der Waals surface area (Å²) in [6.45, 7) is 0. The monoisotopic (exact) mass is 311 g/mol. The zero-order valence-electron chi connectivity index (χ0n) is 12.3. The summed E-state index contributed by atoms with van der Waals surface area (Å²) in [5.41, 5.74) is 0.764. The third-order valence-electron chi connectivity index (χ3n) is 3.05. The Morgan fingerprint density at radius 1 is 1.10 bits per heavy atom. The van der Waals surface area contributed by atoms with E-state index in [9.17, 15) is 0 Å². The molecule has 5 nitrogen and oxygen atoms in total. The minimum atomic E-state index is 0.524. The average molecular weight is 312 g/mol. The molecule has 0 radical (unpaired) electrons. The highest BCUT2D eigenvalue weighted by atomic mass is 35.5.